The van der Waals surface area contributed by atoms with Crippen LogP contribution in [0.1, 0.15) is 19.3 Å². The molecule has 11 heteroatoms. The fourth-order valence-corrected chi connectivity index (χ4v) is 6.12. The standard InChI is InChI=1S/C24H30ClN3O5S2/c1-27(2)14-6-15-28(24-26-22-19(32-3)12-13-20(33-4)23(22)34-24)21(29)7-5-16-35(30,31)18-10-8-17(25)9-11-18/h8-13H,5-7,14-16H2,1-4H3. The van der Waals surface area contributed by atoms with Crippen LogP contribution in [0.3, 0.4) is 0 Å². The SMILES string of the molecule is COc1ccc(OC)c2sc(N(CCCN(C)C)C(=O)CCCS(=O)(=O)c3ccc(Cl)cc3)nc12. The van der Waals surface area contributed by atoms with Gasteiger partial charge in [0.25, 0.3) is 0 Å². The van der Waals surface area contributed by atoms with Crippen LogP contribution in [0.4, 0.5) is 5.13 Å². The molecule has 0 radical (unpaired) electrons. The number of anilines is 1. The van der Waals surface area contributed by atoms with E-state index in [0.29, 0.717) is 33.7 Å². The van der Waals surface area contributed by atoms with Gasteiger partial charge in [0.1, 0.15) is 21.7 Å². The van der Waals surface area contributed by atoms with E-state index in [1.807, 2.05) is 25.1 Å². The minimum absolute atomic E-state index is 0.0823. The van der Waals surface area contributed by atoms with Crippen LogP contribution >= 0.6 is 22.9 Å². The molecule has 0 atom stereocenters. The fraction of sp³-hybridized carbons (Fsp3) is 0.417. The van der Waals surface area contributed by atoms with Crippen LogP contribution in [-0.4, -0.2) is 71.4 Å². The minimum Gasteiger partial charge on any atom is -0.495 e. The molecular weight excluding hydrogens is 510 g/mol. The van der Waals surface area contributed by atoms with E-state index < -0.39 is 9.84 Å². The molecule has 0 unspecified atom stereocenters. The van der Waals surface area contributed by atoms with Crippen molar-refractivity contribution in [3.63, 3.8) is 0 Å². The van der Waals surface area contributed by atoms with Gasteiger partial charge in [0.05, 0.1) is 24.9 Å². The van der Waals surface area contributed by atoms with Gasteiger partial charge in [-0.1, -0.05) is 22.9 Å². The lowest BCUT2D eigenvalue weighted by Crippen LogP contribution is -2.33. The molecule has 0 bridgehead atoms. The highest BCUT2D eigenvalue weighted by Crippen LogP contribution is 2.40. The number of fused-ring (bicyclic) bond motifs is 1. The molecule has 190 valence electrons. The van der Waals surface area contributed by atoms with Gasteiger partial charge in [0.2, 0.25) is 5.91 Å². The maximum atomic E-state index is 13.3. The molecule has 0 N–H and O–H groups in total. The van der Waals surface area contributed by atoms with Crippen LogP contribution in [0.2, 0.25) is 5.02 Å². The first-order valence-corrected chi connectivity index (χ1v) is 14.0. The summed E-state index contributed by atoms with van der Waals surface area (Å²) in [6.45, 7) is 1.26. The molecule has 0 aliphatic heterocycles. The highest BCUT2D eigenvalue weighted by molar-refractivity contribution is 7.91. The Kier molecular flexibility index (Phi) is 9.34. The molecule has 2 aromatic carbocycles. The van der Waals surface area contributed by atoms with Gasteiger partial charge < -0.3 is 14.4 Å². The smallest absolute Gasteiger partial charge is 0.228 e. The minimum atomic E-state index is -3.51. The Balaban J connectivity index is 1.80. The first-order chi connectivity index (χ1) is 16.7. The van der Waals surface area contributed by atoms with Crippen molar-refractivity contribution in [2.24, 2.45) is 0 Å². The number of amides is 1. The summed E-state index contributed by atoms with van der Waals surface area (Å²) in [7, 11) is 3.59. The maximum absolute atomic E-state index is 13.3. The Morgan fingerprint density at radius 3 is 2.29 bits per heavy atom. The van der Waals surface area contributed by atoms with Crippen molar-refractivity contribution in [2.75, 3.05) is 52.1 Å². The molecule has 3 rings (SSSR count). The Morgan fingerprint density at radius 1 is 1.00 bits per heavy atom. The van der Waals surface area contributed by atoms with Gasteiger partial charge in [-0.25, -0.2) is 13.4 Å². The van der Waals surface area contributed by atoms with Crippen molar-refractivity contribution < 1.29 is 22.7 Å². The summed E-state index contributed by atoms with van der Waals surface area (Å²) < 4.78 is 37.0. The second-order valence-corrected chi connectivity index (χ2v) is 11.7. The summed E-state index contributed by atoms with van der Waals surface area (Å²) >= 11 is 7.22. The molecule has 3 aromatic rings. The molecule has 0 saturated carbocycles. The van der Waals surface area contributed by atoms with Gasteiger partial charge in [-0.05, 0) is 69.9 Å². The Hall–Kier alpha value is -2.40. The van der Waals surface area contributed by atoms with E-state index in [2.05, 4.69) is 0 Å². The summed E-state index contributed by atoms with van der Waals surface area (Å²) in [6.07, 6.45) is 1.02. The van der Waals surface area contributed by atoms with Gasteiger partial charge in [-0.3, -0.25) is 9.69 Å². The quantitative estimate of drug-likeness (QED) is 0.334. The van der Waals surface area contributed by atoms with Crippen LogP contribution < -0.4 is 14.4 Å². The highest BCUT2D eigenvalue weighted by Gasteiger charge is 2.23. The van der Waals surface area contributed by atoms with Crippen LogP contribution in [0.15, 0.2) is 41.3 Å². The number of carbonyl (C=O) groups excluding carboxylic acids is 1. The highest BCUT2D eigenvalue weighted by atomic mass is 35.5. The Bertz CT molecular complexity index is 1220. The molecule has 0 fully saturated rings. The maximum Gasteiger partial charge on any atom is 0.228 e. The van der Waals surface area contributed by atoms with E-state index in [9.17, 15) is 13.2 Å². The average molecular weight is 540 g/mol. The number of halogens is 1. The van der Waals surface area contributed by atoms with E-state index in [4.69, 9.17) is 26.1 Å². The summed E-state index contributed by atoms with van der Waals surface area (Å²) in [5.74, 6) is 0.942. The fourth-order valence-electron chi connectivity index (χ4n) is 3.57. The van der Waals surface area contributed by atoms with Crippen molar-refractivity contribution in [1.29, 1.82) is 0 Å². The zero-order valence-electron chi connectivity index (χ0n) is 20.3. The Morgan fingerprint density at radius 2 is 1.66 bits per heavy atom. The second-order valence-electron chi connectivity index (χ2n) is 8.22. The van der Waals surface area contributed by atoms with Crippen molar-refractivity contribution in [2.45, 2.75) is 24.2 Å². The average Bonchev–Trinajstić information content (AvgIpc) is 3.26. The molecule has 1 amide bonds. The summed E-state index contributed by atoms with van der Waals surface area (Å²) in [5.41, 5.74) is 0.627. The number of nitrogens with zero attached hydrogens (tertiary/aromatic N) is 3. The molecule has 1 heterocycles. The van der Waals surface area contributed by atoms with Crippen molar-refractivity contribution >= 4 is 54.0 Å². The van der Waals surface area contributed by atoms with E-state index in [-0.39, 0.29) is 29.4 Å². The molecule has 35 heavy (non-hydrogen) atoms. The number of hydrogen-bond donors (Lipinski definition) is 0. The summed E-state index contributed by atoms with van der Waals surface area (Å²) in [5, 5.41) is 1.00. The zero-order valence-corrected chi connectivity index (χ0v) is 22.7. The third kappa shape index (κ3) is 6.84. The molecule has 0 aliphatic carbocycles. The second kappa shape index (κ2) is 12.0. The number of sulfone groups is 1. The predicted molar refractivity (Wildman–Crippen MR) is 141 cm³/mol. The normalized spacial score (nSPS) is 11.7. The van der Waals surface area contributed by atoms with Crippen LogP contribution in [0.25, 0.3) is 10.2 Å². The first-order valence-electron chi connectivity index (χ1n) is 11.1. The van der Waals surface area contributed by atoms with Crippen LogP contribution in [-0.2, 0) is 14.6 Å². The van der Waals surface area contributed by atoms with Gasteiger partial charge in [0.15, 0.2) is 15.0 Å². The van der Waals surface area contributed by atoms with E-state index in [1.165, 1.54) is 23.5 Å². The zero-order chi connectivity index (χ0) is 25.6. The summed E-state index contributed by atoms with van der Waals surface area (Å²) in [4.78, 5) is 21.9. The van der Waals surface area contributed by atoms with Crippen LogP contribution in [0, 0.1) is 0 Å². The molecule has 1 aromatic heterocycles. The van der Waals surface area contributed by atoms with E-state index in [1.54, 1.807) is 37.3 Å². The number of aromatic nitrogens is 1. The molecule has 8 nitrogen and oxygen atoms in total. The van der Waals surface area contributed by atoms with E-state index >= 15 is 0 Å². The lowest BCUT2D eigenvalue weighted by atomic mass is 10.3. The molecule has 0 spiro atoms. The number of thiazole rings is 1. The number of methoxy groups -OCH3 is 2. The molecule has 0 saturated heterocycles. The van der Waals surface area contributed by atoms with Gasteiger partial charge >= 0.3 is 0 Å². The number of ether oxygens (including phenoxy) is 2. The van der Waals surface area contributed by atoms with E-state index in [0.717, 1.165) is 17.7 Å². The monoisotopic (exact) mass is 539 g/mol. The molecular formula is C24H30ClN3O5S2. The third-order valence-electron chi connectivity index (χ3n) is 5.39. The summed E-state index contributed by atoms with van der Waals surface area (Å²) in [6, 6.07) is 9.64. The Labute approximate surface area is 215 Å². The van der Waals surface area contributed by atoms with Gasteiger partial charge in [-0.2, -0.15) is 0 Å². The molecule has 0 aliphatic rings. The third-order valence-corrected chi connectivity index (χ3v) is 8.56. The predicted octanol–water partition coefficient (Wildman–Crippen LogP) is 4.51. The topological polar surface area (TPSA) is 89.0 Å². The van der Waals surface area contributed by atoms with Crippen molar-refractivity contribution in [3.05, 3.63) is 41.4 Å². The first kappa shape index (κ1) is 27.2. The van der Waals surface area contributed by atoms with Crippen molar-refractivity contribution in [1.82, 2.24) is 9.88 Å². The number of rotatable bonds is 12. The number of carbonyl (C=O) groups is 1. The van der Waals surface area contributed by atoms with Crippen LogP contribution in [0.5, 0.6) is 11.5 Å². The lowest BCUT2D eigenvalue weighted by Gasteiger charge is -2.21. The largest absolute Gasteiger partial charge is 0.495 e. The van der Waals surface area contributed by atoms with Crippen molar-refractivity contribution in [3.8, 4) is 11.5 Å². The number of benzene rings is 2. The lowest BCUT2D eigenvalue weighted by molar-refractivity contribution is -0.118. The number of hydrogen-bond acceptors (Lipinski definition) is 8. The van der Waals surface area contributed by atoms with Gasteiger partial charge in [-0.15, -0.1) is 0 Å². The van der Waals surface area contributed by atoms with Gasteiger partial charge in [0, 0.05) is 18.0 Å².